The lowest BCUT2D eigenvalue weighted by molar-refractivity contribution is 0.414. The minimum Gasteiger partial charge on any atom is -0.497 e. The fraction of sp³-hybridized carbons (Fsp3) is 0.0870. The van der Waals surface area contributed by atoms with Gasteiger partial charge >= 0.3 is 0 Å². The SMILES string of the molecule is COc1ccc(F)c(-c2ccc(-c3cc(Nc4cc[c]cc4C)n[nH]3)cc2)c1. The third-order valence-electron chi connectivity index (χ3n) is 4.59. The Kier molecular flexibility index (Phi) is 4.81. The summed E-state index contributed by atoms with van der Waals surface area (Å²) in [5.41, 5.74) is 5.21. The first-order chi connectivity index (χ1) is 13.6. The Balaban J connectivity index is 1.57. The third kappa shape index (κ3) is 3.60. The van der Waals surface area contributed by atoms with Gasteiger partial charge in [-0.25, -0.2) is 4.39 Å². The molecule has 0 saturated heterocycles. The Hall–Kier alpha value is -3.60. The second-order valence-corrected chi connectivity index (χ2v) is 6.46. The van der Waals surface area contributed by atoms with Gasteiger partial charge in [0, 0.05) is 17.3 Å². The van der Waals surface area contributed by atoms with Crippen molar-refractivity contribution in [3.05, 3.63) is 84.2 Å². The molecule has 0 aliphatic carbocycles. The summed E-state index contributed by atoms with van der Waals surface area (Å²) in [5.74, 6) is 1.07. The quantitative estimate of drug-likeness (QED) is 0.469. The van der Waals surface area contributed by atoms with E-state index in [1.807, 2.05) is 55.5 Å². The lowest BCUT2D eigenvalue weighted by atomic mass is 10.0. The number of ether oxygens (including phenoxy) is 1. The maximum Gasteiger partial charge on any atom is 0.152 e. The van der Waals surface area contributed by atoms with Crippen molar-refractivity contribution in [3.63, 3.8) is 0 Å². The van der Waals surface area contributed by atoms with Crippen LogP contribution in [0, 0.1) is 18.8 Å². The van der Waals surface area contributed by atoms with E-state index in [2.05, 4.69) is 21.6 Å². The van der Waals surface area contributed by atoms with Gasteiger partial charge in [0.25, 0.3) is 0 Å². The van der Waals surface area contributed by atoms with Crippen LogP contribution in [0.15, 0.2) is 66.7 Å². The van der Waals surface area contributed by atoms with Gasteiger partial charge in [0.2, 0.25) is 0 Å². The molecule has 0 atom stereocenters. The van der Waals surface area contributed by atoms with Crippen LogP contribution in [0.4, 0.5) is 15.9 Å². The average Bonchev–Trinajstić information content (AvgIpc) is 3.19. The van der Waals surface area contributed by atoms with Crippen LogP contribution >= 0.6 is 0 Å². The van der Waals surface area contributed by atoms with E-state index in [0.717, 1.165) is 33.9 Å². The molecule has 4 nitrogen and oxygen atoms in total. The van der Waals surface area contributed by atoms with Crippen LogP contribution in [0.3, 0.4) is 0 Å². The van der Waals surface area contributed by atoms with Gasteiger partial charge in [0.05, 0.1) is 12.8 Å². The van der Waals surface area contributed by atoms with Crippen molar-refractivity contribution in [1.29, 1.82) is 0 Å². The van der Waals surface area contributed by atoms with Gasteiger partial charge in [-0.15, -0.1) is 0 Å². The molecule has 1 aromatic heterocycles. The van der Waals surface area contributed by atoms with Gasteiger partial charge in [-0.3, -0.25) is 5.10 Å². The molecule has 0 fully saturated rings. The molecule has 0 aliphatic rings. The molecule has 1 radical (unpaired) electrons. The highest BCUT2D eigenvalue weighted by molar-refractivity contribution is 5.72. The predicted octanol–water partition coefficient (Wildman–Crippen LogP) is 5.74. The molecule has 0 saturated carbocycles. The summed E-state index contributed by atoms with van der Waals surface area (Å²) < 4.78 is 19.4. The molecule has 0 unspecified atom stereocenters. The number of aryl methyl sites for hydroxylation is 1. The highest BCUT2D eigenvalue weighted by Crippen LogP contribution is 2.30. The van der Waals surface area contributed by atoms with Crippen LogP contribution in [0.2, 0.25) is 0 Å². The number of hydrogen-bond acceptors (Lipinski definition) is 3. The Morgan fingerprint density at radius 1 is 1.04 bits per heavy atom. The number of nitrogens with zero attached hydrogens (tertiary/aromatic N) is 1. The number of anilines is 2. The van der Waals surface area contributed by atoms with Crippen LogP contribution in [-0.2, 0) is 0 Å². The van der Waals surface area contributed by atoms with Crippen molar-refractivity contribution in [3.8, 4) is 28.1 Å². The van der Waals surface area contributed by atoms with Crippen molar-refractivity contribution in [2.45, 2.75) is 6.92 Å². The van der Waals surface area contributed by atoms with Crippen molar-refractivity contribution in [2.24, 2.45) is 0 Å². The Labute approximate surface area is 163 Å². The van der Waals surface area contributed by atoms with E-state index in [4.69, 9.17) is 4.74 Å². The van der Waals surface area contributed by atoms with Crippen molar-refractivity contribution in [2.75, 3.05) is 12.4 Å². The number of H-pyrrole nitrogens is 1. The second-order valence-electron chi connectivity index (χ2n) is 6.46. The summed E-state index contributed by atoms with van der Waals surface area (Å²) in [7, 11) is 1.57. The first-order valence-electron chi connectivity index (χ1n) is 8.87. The van der Waals surface area contributed by atoms with E-state index in [1.54, 1.807) is 19.2 Å². The van der Waals surface area contributed by atoms with Gasteiger partial charge in [0.1, 0.15) is 11.6 Å². The molecule has 28 heavy (non-hydrogen) atoms. The number of hydrogen-bond donors (Lipinski definition) is 2. The molecule has 0 aliphatic heterocycles. The van der Waals surface area contributed by atoms with Crippen molar-refractivity contribution >= 4 is 11.5 Å². The standard InChI is InChI=1S/C23H19FN3O/c1-15-5-3-4-6-21(15)25-23-14-22(26-27-23)17-9-7-16(8-10-17)19-13-18(28-2)11-12-20(19)24/h4-14H,1-2H3,(H2,25,26,27). The molecule has 2 N–H and O–H groups in total. The van der Waals surface area contributed by atoms with Crippen LogP contribution in [-0.4, -0.2) is 17.3 Å². The van der Waals surface area contributed by atoms with Crippen molar-refractivity contribution in [1.82, 2.24) is 10.2 Å². The number of methoxy groups -OCH3 is 1. The molecular formula is C23H19FN3O. The predicted molar refractivity (Wildman–Crippen MR) is 109 cm³/mol. The summed E-state index contributed by atoms with van der Waals surface area (Å²) in [6.07, 6.45) is 0. The van der Waals surface area contributed by atoms with E-state index < -0.39 is 0 Å². The fourth-order valence-corrected chi connectivity index (χ4v) is 3.01. The molecule has 4 aromatic rings. The number of benzene rings is 3. The number of aromatic amines is 1. The zero-order valence-electron chi connectivity index (χ0n) is 15.6. The summed E-state index contributed by atoms with van der Waals surface area (Å²) in [6.45, 7) is 2.02. The number of halogens is 1. The zero-order valence-corrected chi connectivity index (χ0v) is 15.6. The Bertz CT molecular complexity index is 1100. The molecule has 0 spiro atoms. The monoisotopic (exact) mass is 372 g/mol. The van der Waals surface area contributed by atoms with E-state index in [0.29, 0.717) is 11.3 Å². The van der Waals surface area contributed by atoms with Gasteiger partial charge in [-0.2, -0.15) is 5.10 Å². The van der Waals surface area contributed by atoms with Gasteiger partial charge < -0.3 is 10.1 Å². The van der Waals surface area contributed by atoms with Crippen molar-refractivity contribution < 1.29 is 9.13 Å². The van der Waals surface area contributed by atoms with Crippen LogP contribution in [0.25, 0.3) is 22.4 Å². The normalized spacial score (nSPS) is 10.7. The van der Waals surface area contributed by atoms with Crippen LogP contribution in [0.5, 0.6) is 5.75 Å². The summed E-state index contributed by atoms with van der Waals surface area (Å²) in [5, 5.41) is 10.7. The van der Waals surface area contributed by atoms with Crippen LogP contribution < -0.4 is 10.1 Å². The maximum absolute atomic E-state index is 14.2. The Morgan fingerprint density at radius 3 is 2.57 bits per heavy atom. The summed E-state index contributed by atoms with van der Waals surface area (Å²) in [6, 6.07) is 23.1. The highest BCUT2D eigenvalue weighted by atomic mass is 19.1. The number of aromatic nitrogens is 2. The molecule has 139 valence electrons. The minimum absolute atomic E-state index is 0.281. The molecule has 1 heterocycles. The number of rotatable bonds is 5. The summed E-state index contributed by atoms with van der Waals surface area (Å²) >= 11 is 0. The van der Waals surface area contributed by atoms with E-state index >= 15 is 0 Å². The minimum atomic E-state index is -0.281. The van der Waals surface area contributed by atoms with Gasteiger partial charge in [-0.05, 0) is 60.0 Å². The number of nitrogens with one attached hydrogen (secondary N) is 2. The van der Waals surface area contributed by atoms with Gasteiger partial charge in [-0.1, -0.05) is 30.3 Å². The maximum atomic E-state index is 14.2. The molecule has 5 heteroatoms. The molecule has 0 amide bonds. The second kappa shape index (κ2) is 7.56. The first-order valence-corrected chi connectivity index (χ1v) is 8.87. The van der Waals surface area contributed by atoms with E-state index in [1.165, 1.54) is 6.07 Å². The largest absolute Gasteiger partial charge is 0.497 e. The average molecular weight is 372 g/mol. The molecule has 0 bridgehead atoms. The fourth-order valence-electron chi connectivity index (χ4n) is 3.01. The third-order valence-corrected chi connectivity index (χ3v) is 4.59. The highest BCUT2D eigenvalue weighted by Gasteiger charge is 2.09. The smallest absolute Gasteiger partial charge is 0.152 e. The Morgan fingerprint density at radius 2 is 1.82 bits per heavy atom. The lowest BCUT2D eigenvalue weighted by Gasteiger charge is -2.07. The zero-order chi connectivity index (χ0) is 19.5. The summed E-state index contributed by atoms with van der Waals surface area (Å²) in [4.78, 5) is 0. The molecule has 4 rings (SSSR count). The van der Waals surface area contributed by atoms with Crippen LogP contribution in [0.1, 0.15) is 5.56 Å². The topological polar surface area (TPSA) is 49.9 Å². The van der Waals surface area contributed by atoms with E-state index in [-0.39, 0.29) is 5.82 Å². The van der Waals surface area contributed by atoms with E-state index in [9.17, 15) is 4.39 Å². The first kappa shape index (κ1) is 17.8. The van der Waals surface area contributed by atoms with Gasteiger partial charge in [0.15, 0.2) is 5.82 Å². The molecular weight excluding hydrogens is 353 g/mol. The lowest BCUT2D eigenvalue weighted by Crippen LogP contribution is -1.92. The molecule has 3 aromatic carbocycles.